The standard InChI is InChI=1S/C15H25N3O5S2/c1-11-8-14(4-5-15(11)24(19,20)17-2)25(21,22)18-7-6-13(23-3)9-12(18)10-16/h4-5,8,12-13,17H,6-7,9-10,16H2,1-3H3. The van der Waals surface area contributed by atoms with Crippen molar-refractivity contribution in [2.45, 2.75) is 41.7 Å². The molecule has 2 unspecified atom stereocenters. The van der Waals surface area contributed by atoms with Crippen LogP contribution in [0.2, 0.25) is 0 Å². The predicted octanol–water partition coefficient (Wildman–Crippen LogP) is 0.0299. The molecule has 142 valence electrons. The van der Waals surface area contributed by atoms with E-state index < -0.39 is 20.0 Å². The van der Waals surface area contributed by atoms with Crippen LogP contribution in [-0.2, 0) is 24.8 Å². The smallest absolute Gasteiger partial charge is 0.243 e. The summed E-state index contributed by atoms with van der Waals surface area (Å²) in [6, 6.07) is 3.68. The predicted molar refractivity (Wildman–Crippen MR) is 94.2 cm³/mol. The number of sulfonamides is 2. The average Bonchev–Trinajstić information content (AvgIpc) is 2.60. The number of methoxy groups -OCH3 is 1. The van der Waals surface area contributed by atoms with Gasteiger partial charge in [0, 0.05) is 26.2 Å². The molecule has 0 radical (unpaired) electrons. The molecule has 1 aromatic rings. The van der Waals surface area contributed by atoms with Gasteiger partial charge in [0.05, 0.1) is 15.9 Å². The Morgan fingerprint density at radius 2 is 2.00 bits per heavy atom. The van der Waals surface area contributed by atoms with Crippen molar-refractivity contribution in [3.05, 3.63) is 23.8 Å². The first-order valence-corrected chi connectivity index (χ1v) is 10.9. The number of piperidine rings is 1. The fourth-order valence-electron chi connectivity index (χ4n) is 3.07. The van der Waals surface area contributed by atoms with Crippen LogP contribution in [0.25, 0.3) is 0 Å². The van der Waals surface area contributed by atoms with Gasteiger partial charge in [-0.05, 0) is 50.6 Å². The van der Waals surface area contributed by atoms with Crippen LogP contribution in [0, 0.1) is 6.92 Å². The number of nitrogens with one attached hydrogen (secondary N) is 1. The van der Waals surface area contributed by atoms with E-state index in [2.05, 4.69) is 4.72 Å². The number of hydrogen-bond acceptors (Lipinski definition) is 6. The van der Waals surface area contributed by atoms with Gasteiger partial charge in [0.25, 0.3) is 0 Å². The highest BCUT2D eigenvalue weighted by Gasteiger charge is 2.36. The second-order valence-corrected chi connectivity index (χ2v) is 9.77. The Kier molecular flexibility index (Phi) is 6.23. The molecule has 1 saturated heterocycles. The van der Waals surface area contributed by atoms with E-state index in [1.165, 1.54) is 29.6 Å². The Morgan fingerprint density at radius 3 is 2.52 bits per heavy atom. The van der Waals surface area contributed by atoms with Crippen molar-refractivity contribution in [2.24, 2.45) is 5.73 Å². The molecule has 0 aromatic heterocycles. The van der Waals surface area contributed by atoms with Gasteiger partial charge in [0.15, 0.2) is 0 Å². The molecular formula is C15H25N3O5S2. The first kappa shape index (κ1) is 20.3. The Bertz CT molecular complexity index is 824. The van der Waals surface area contributed by atoms with Crippen LogP contribution in [0.1, 0.15) is 18.4 Å². The Labute approximate surface area is 149 Å². The van der Waals surface area contributed by atoms with E-state index in [4.69, 9.17) is 10.5 Å². The fourth-order valence-corrected chi connectivity index (χ4v) is 5.76. The summed E-state index contributed by atoms with van der Waals surface area (Å²) in [5.41, 5.74) is 6.13. The molecule has 2 rings (SSSR count). The van der Waals surface area contributed by atoms with Gasteiger partial charge in [-0.2, -0.15) is 4.31 Å². The fraction of sp³-hybridized carbons (Fsp3) is 0.600. The van der Waals surface area contributed by atoms with E-state index in [9.17, 15) is 16.8 Å². The third kappa shape index (κ3) is 4.04. The zero-order chi connectivity index (χ0) is 18.8. The minimum atomic E-state index is -3.76. The van der Waals surface area contributed by atoms with Gasteiger partial charge in [-0.15, -0.1) is 0 Å². The van der Waals surface area contributed by atoms with E-state index in [1.807, 2.05) is 0 Å². The molecule has 1 heterocycles. The maximum atomic E-state index is 13.0. The molecule has 0 bridgehead atoms. The van der Waals surface area contributed by atoms with Crippen LogP contribution < -0.4 is 10.5 Å². The average molecular weight is 392 g/mol. The third-order valence-electron chi connectivity index (χ3n) is 4.53. The number of nitrogens with zero attached hydrogens (tertiary/aromatic N) is 1. The summed E-state index contributed by atoms with van der Waals surface area (Å²) in [4.78, 5) is 0.122. The Morgan fingerprint density at radius 1 is 1.32 bits per heavy atom. The molecule has 0 spiro atoms. The second kappa shape index (κ2) is 7.68. The minimum Gasteiger partial charge on any atom is -0.381 e. The number of ether oxygens (including phenoxy) is 1. The molecule has 1 aliphatic heterocycles. The number of hydrogen-bond donors (Lipinski definition) is 2. The van der Waals surface area contributed by atoms with Crippen molar-refractivity contribution in [1.82, 2.24) is 9.03 Å². The van der Waals surface area contributed by atoms with Crippen LogP contribution in [0.15, 0.2) is 28.0 Å². The van der Waals surface area contributed by atoms with E-state index in [1.54, 1.807) is 14.0 Å². The molecule has 2 atom stereocenters. The molecule has 0 amide bonds. The van der Waals surface area contributed by atoms with Crippen LogP contribution >= 0.6 is 0 Å². The highest BCUT2D eigenvalue weighted by atomic mass is 32.2. The number of rotatable bonds is 6. The highest BCUT2D eigenvalue weighted by Crippen LogP contribution is 2.28. The van der Waals surface area contributed by atoms with Crippen molar-refractivity contribution >= 4 is 20.0 Å². The molecule has 8 nitrogen and oxygen atoms in total. The number of benzene rings is 1. The van der Waals surface area contributed by atoms with Crippen molar-refractivity contribution < 1.29 is 21.6 Å². The SMILES string of the molecule is CNS(=O)(=O)c1ccc(S(=O)(=O)N2CCC(OC)CC2CN)cc1C. The molecule has 1 fully saturated rings. The highest BCUT2D eigenvalue weighted by molar-refractivity contribution is 7.89. The maximum Gasteiger partial charge on any atom is 0.243 e. The van der Waals surface area contributed by atoms with Crippen LogP contribution in [0.5, 0.6) is 0 Å². The van der Waals surface area contributed by atoms with Crippen molar-refractivity contribution in [3.63, 3.8) is 0 Å². The molecule has 1 aromatic carbocycles. The van der Waals surface area contributed by atoms with Crippen molar-refractivity contribution in [1.29, 1.82) is 0 Å². The Balaban J connectivity index is 2.38. The molecule has 10 heteroatoms. The van der Waals surface area contributed by atoms with Gasteiger partial charge >= 0.3 is 0 Å². The molecule has 0 aliphatic carbocycles. The lowest BCUT2D eigenvalue weighted by Crippen LogP contribution is -2.51. The lowest BCUT2D eigenvalue weighted by atomic mass is 10.0. The van der Waals surface area contributed by atoms with Gasteiger partial charge in [0.2, 0.25) is 20.0 Å². The summed E-state index contributed by atoms with van der Waals surface area (Å²) in [6.45, 7) is 2.09. The van der Waals surface area contributed by atoms with E-state index in [-0.39, 0.29) is 28.5 Å². The normalized spacial score (nSPS) is 22.9. The summed E-state index contributed by atoms with van der Waals surface area (Å²) in [7, 11) is -4.49. The van der Waals surface area contributed by atoms with Gasteiger partial charge < -0.3 is 10.5 Å². The quantitative estimate of drug-likeness (QED) is 0.706. The summed E-state index contributed by atoms with van der Waals surface area (Å²) in [6.07, 6.45) is 1.12. The Hall–Kier alpha value is -1.04. The maximum absolute atomic E-state index is 13.0. The zero-order valence-corrected chi connectivity index (χ0v) is 16.2. The van der Waals surface area contributed by atoms with E-state index in [0.29, 0.717) is 24.9 Å². The first-order chi connectivity index (χ1) is 11.7. The topological polar surface area (TPSA) is 119 Å². The zero-order valence-electron chi connectivity index (χ0n) is 14.6. The lowest BCUT2D eigenvalue weighted by molar-refractivity contribution is 0.0401. The monoisotopic (exact) mass is 391 g/mol. The van der Waals surface area contributed by atoms with E-state index >= 15 is 0 Å². The van der Waals surface area contributed by atoms with Crippen LogP contribution in [0.4, 0.5) is 0 Å². The first-order valence-electron chi connectivity index (χ1n) is 7.96. The number of aryl methyl sites for hydroxylation is 1. The molecular weight excluding hydrogens is 366 g/mol. The van der Waals surface area contributed by atoms with Gasteiger partial charge in [-0.3, -0.25) is 0 Å². The molecule has 0 saturated carbocycles. The van der Waals surface area contributed by atoms with Gasteiger partial charge in [-0.25, -0.2) is 21.6 Å². The largest absolute Gasteiger partial charge is 0.381 e. The summed E-state index contributed by atoms with van der Waals surface area (Å²) in [5.74, 6) is 0. The molecule has 3 N–H and O–H groups in total. The summed E-state index contributed by atoms with van der Waals surface area (Å²) in [5, 5.41) is 0. The van der Waals surface area contributed by atoms with Crippen LogP contribution in [-0.4, -0.2) is 60.5 Å². The summed E-state index contributed by atoms with van der Waals surface area (Å²) < 4.78 is 58.8. The van der Waals surface area contributed by atoms with Gasteiger partial charge in [0.1, 0.15) is 0 Å². The number of nitrogens with two attached hydrogens (primary N) is 1. The minimum absolute atomic E-state index is 0.00937. The summed E-state index contributed by atoms with van der Waals surface area (Å²) >= 11 is 0. The molecule has 1 aliphatic rings. The van der Waals surface area contributed by atoms with Crippen molar-refractivity contribution in [3.8, 4) is 0 Å². The molecule has 25 heavy (non-hydrogen) atoms. The van der Waals surface area contributed by atoms with E-state index in [0.717, 1.165) is 0 Å². The third-order valence-corrected chi connectivity index (χ3v) is 8.05. The lowest BCUT2D eigenvalue weighted by Gasteiger charge is -2.37. The second-order valence-electron chi connectivity index (χ2n) is 6.02. The van der Waals surface area contributed by atoms with Crippen molar-refractivity contribution in [2.75, 3.05) is 27.2 Å². The van der Waals surface area contributed by atoms with Crippen LogP contribution in [0.3, 0.4) is 0 Å². The van der Waals surface area contributed by atoms with Gasteiger partial charge in [-0.1, -0.05) is 0 Å².